The first-order valence-corrected chi connectivity index (χ1v) is 11.5. The summed E-state index contributed by atoms with van der Waals surface area (Å²) in [7, 11) is 3.77. The van der Waals surface area contributed by atoms with E-state index in [0.29, 0.717) is 24.8 Å². The van der Waals surface area contributed by atoms with Gasteiger partial charge in [0, 0.05) is 51.6 Å². The number of carbonyl (C=O) groups excluding carboxylic acids is 1. The van der Waals surface area contributed by atoms with E-state index < -0.39 is 0 Å². The minimum absolute atomic E-state index is 0.0192. The van der Waals surface area contributed by atoms with E-state index >= 15 is 0 Å². The molecule has 1 aliphatic rings. The number of nitrogens with zero attached hydrogens (tertiary/aromatic N) is 2. The number of hydrogen-bond acceptors (Lipinski definition) is 5. The van der Waals surface area contributed by atoms with E-state index in [9.17, 15) is 4.79 Å². The Bertz CT molecular complexity index is 826. The first kappa shape index (κ1) is 24.2. The molecule has 2 aromatic carbocycles. The van der Waals surface area contributed by atoms with Crippen LogP contribution >= 0.6 is 0 Å². The number of rotatable bonds is 11. The van der Waals surface area contributed by atoms with Gasteiger partial charge in [0.05, 0.1) is 12.1 Å². The maximum atomic E-state index is 12.3. The van der Waals surface area contributed by atoms with Gasteiger partial charge in [-0.15, -0.1) is 0 Å². The molecule has 0 aliphatic carbocycles. The van der Waals surface area contributed by atoms with Crippen LogP contribution in [0, 0.1) is 5.92 Å². The lowest BCUT2D eigenvalue weighted by Crippen LogP contribution is -2.36. The van der Waals surface area contributed by atoms with Crippen LogP contribution in [-0.2, 0) is 9.47 Å². The Morgan fingerprint density at radius 1 is 1.16 bits per heavy atom. The molecule has 0 spiro atoms. The quantitative estimate of drug-likeness (QED) is 0.538. The highest BCUT2D eigenvalue weighted by atomic mass is 16.7. The molecular formula is C26H37N3O3. The first-order chi connectivity index (χ1) is 15.5. The fraction of sp³-hybridized carbons (Fsp3) is 0.500. The first-order valence-electron chi connectivity index (χ1n) is 11.5. The minimum atomic E-state index is -0.0192. The lowest BCUT2D eigenvalue weighted by molar-refractivity contribution is -0.0679. The van der Waals surface area contributed by atoms with Crippen LogP contribution < -0.4 is 10.2 Å². The zero-order valence-electron chi connectivity index (χ0n) is 19.8. The summed E-state index contributed by atoms with van der Waals surface area (Å²) in [5.41, 5.74) is 3.09. The average Bonchev–Trinajstić information content (AvgIpc) is 3.28. The van der Waals surface area contributed by atoms with Gasteiger partial charge in [0.15, 0.2) is 0 Å². The predicted molar refractivity (Wildman–Crippen MR) is 129 cm³/mol. The van der Waals surface area contributed by atoms with Crippen LogP contribution in [0.5, 0.6) is 0 Å². The molecule has 1 heterocycles. The molecule has 1 aliphatic heterocycles. The van der Waals surface area contributed by atoms with Crippen LogP contribution in [0.4, 0.5) is 5.69 Å². The van der Waals surface area contributed by atoms with E-state index in [1.165, 1.54) is 5.56 Å². The molecule has 1 N–H and O–H groups in total. The molecule has 2 aromatic rings. The van der Waals surface area contributed by atoms with Gasteiger partial charge in [-0.2, -0.15) is 0 Å². The topological polar surface area (TPSA) is 54.0 Å². The molecule has 1 fully saturated rings. The second-order valence-corrected chi connectivity index (χ2v) is 8.94. The number of anilines is 1. The lowest BCUT2D eigenvalue weighted by Gasteiger charge is -2.33. The Kier molecular flexibility index (Phi) is 9.09. The molecule has 2 atom stereocenters. The van der Waals surface area contributed by atoms with Crippen molar-refractivity contribution >= 4 is 11.6 Å². The number of ether oxygens (including phenoxy) is 2. The lowest BCUT2D eigenvalue weighted by atomic mass is 10.0. The Labute approximate surface area is 192 Å². The molecule has 1 amide bonds. The predicted octanol–water partition coefficient (Wildman–Crippen LogP) is 3.94. The monoisotopic (exact) mass is 439 g/mol. The third kappa shape index (κ3) is 6.79. The van der Waals surface area contributed by atoms with Crippen molar-refractivity contribution in [3.63, 3.8) is 0 Å². The van der Waals surface area contributed by atoms with Crippen LogP contribution in [0.15, 0.2) is 54.6 Å². The van der Waals surface area contributed by atoms with E-state index in [4.69, 9.17) is 9.47 Å². The number of likely N-dealkylation sites (N-methyl/N-ethyl adjacent to an activating group) is 1. The largest absolute Gasteiger partial charge is 0.373 e. The van der Waals surface area contributed by atoms with Gasteiger partial charge in [0.2, 0.25) is 0 Å². The summed E-state index contributed by atoms with van der Waals surface area (Å²) in [6.45, 7) is 7.94. The molecule has 1 saturated heterocycles. The molecular weight excluding hydrogens is 402 g/mol. The van der Waals surface area contributed by atoms with Crippen molar-refractivity contribution in [3.05, 3.63) is 65.7 Å². The van der Waals surface area contributed by atoms with E-state index in [0.717, 1.165) is 31.7 Å². The zero-order chi connectivity index (χ0) is 22.9. The summed E-state index contributed by atoms with van der Waals surface area (Å²) in [5.74, 6) is 0.415. The molecule has 0 saturated carbocycles. The number of amides is 1. The Morgan fingerprint density at radius 3 is 2.53 bits per heavy atom. The van der Waals surface area contributed by atoms with Crippen LogP contribution in [0.2, 0.25) is 0 Å². The van der Waals surface area contributed by atoms with Gasteiger partial charge in [0.1, 0.15) is 6.79 Å². The zero-order valence-corrected chi connectivity index (χ0v) is 19.8. The van der Waals surface area contributed by atoms with Crippen LogP contribution in [0.1, 0.15) is 42.2 Å². The average molecular weight is 440 g/mol. The van der Waals surface area contributed by atoms with Crippen LogP contribution in [-0.4, -0.2) is 64.0 Å². The summed E-state index contributed by atoms with van der Waals surface area (Å²) in [6, 6.07) is 18.8. The van der Waals surface area contributed by atoms with Gasteiger partial charge in [-0.3, -0.25) is 9.69 Å². The van der Waals surface area contributed by atoms with Crippen molar-refractivity contribution in [2.75, 3.05) is 52.0 Å². The van der Waals surface area contributed by atoms with Gasteiger partial charge in [-0.05, 0) is 42.2 Å². The summed E-state index contributed by atoms with van der Waals surface area (Å²) in [4.78, 5) is 17.1. The number of carbonyl (C=O) groups is 1. The molecule has 6 heteroatoms. The van der Waals surface area contributed by atoms with Gasteiger partial charge < -0.3 is 19.7 Å². The Balaban J connectivity index is 1.67. The molecule has 0 radical (unpaired) electrons. The number of benzene rings is 2. The fourth-order valence-corrected chi connectivity index (χ4v) is 4.08. The maximum absolute atomic E-state index is 12.3. The van der Waals surface area contributed by atoms with Crippen molar-refractivity contribution in [2.24, 2.45) is 5.92 Å². The number of likely N-dealkylation sites (tertiary alicyclic amines) is 1. The summed E-state index contributed by atoms with van der Waals surface area (Å²) in [5, 5.41) is 2.98. The summed E-state index contributed by atoms with van der Waals surface area (Å²) >= 11 is 0. The normalized spacial score (nSPS) is 17.5. The smallest absolute Gasteiger partial charge is 0.251 e. The summed E-state index contributed by atoms with van der Waals surface area (Å²) in [6.07, 6.45) is 1.21. The van der Waals surface area contributed by atoms with Crippen molar-refractivity contribution in [1.29, 1.82) is 0 Å². The fourth-order valence-electron chi connectivity index (χ4n) is 4.08. The highest BCUT2D eigenvalue weighted by Gasteiger charge is 2.30. The van der Waals surface area contributed by atoms with Gasteiger partial charge >= 0.3 is 0 Å². The number of nitrogens with one attached hydrogen (secondary N) is 1. The second-order valence-electron chi connectivity index (χ2n) is 8.94. The van der Waals surface area contributed by atoms with Crippen LogP contribution in [0.25, 0.3) is 0 Å². The van der Waals surface area contributed by atoms with E-state index in [-0.39, 0.29) is 18.1 Å². The van der Waals surface area contributed by atoms with Gasteiger partial charge in [-0.25, -0.2) is 0 Å². The molecule has 174 valence electrons. The Morgan fingerprint density at radius 2 is 1.88 bits per heavy atom. The third-order valence-corrected chi connectivity index (χ3v) is 5.91. The van der Waals surface area contributed by atoms with Crippen LogP contribution in [0.3, 0.4) is 0 Å². The number of hydrogen-bond donors (Lipinski definition) is 1. The highest BCUT2D eigenvalue weighted by Crippen LogP contribution is 2.28. The molecule has 0 bridgehead atoms. The minimum Gasteiger partial charge on any atom is -0.373 e. The maximum Gasteiger partial charge on any atom is 0.251 e. The van der Waals surface area contributed by atoms with E-state index in [1.807, 2.05) is 24.3 Å². The van der Waals surface area contributed by atoms with Gasteiger partial charge in [-0.1, -0.05) is 44.2 Å². The van der Waals surface area contributed by atoms with Gasteiger partial charge in [0.25, 0.3) is 5.91 Å². The standard InChI is InChI=1S/C26H37N3O3/c1-20(2)16-27-26(30)22-10-12-23(13-11-22)28(3)18-25(21-8-6-5-7-9-21)29-15-14-24(17-29)32-19-31-4/h5-13,20,24-25H,14-19H2,1-4H3,(H,27,30)/t24-,25-/m0/s1. The van der Waals surface area contributed by atoms with Crippen molar-refractivity contribution < 1.29 is 14.3 Å². The third-order valence-electron chi connectivity index (χ3n) is 5.91. The molecule has 0 aromatic heterocycles. The van der Waals surface area contributed by atoms with Crippen molar-refractivity contribution in [2.45, 2.75) is 32.4 Å². The molecule has 6 nitrogen and oxygen atoms in total. The van der Waals surface area contributed by atoms with E-state index in [2.05, 4.69) is 66.3 Å². The number of methoxy groups -OCH3 is 1. The Hall–Kier alpha value is -2.41. The van der Waals surface area contributed by atoms with Crippen molar-refractivity contribution in [3.8, 4) is 0 Å². The summed E-state index contributed by atoms with van der Waals surface area (Å²) < 4.78 is 10.9. The SMILES string of the molecule is COCO[C@H]1CCN([C@@H](CN(C)c2ccc(C(=O)NCC(C)C)cc2)c2ccccc2)C1. The second kappa shape index (κ2) is 12.0. The highest BCUT2D eigenvalue weighted by molar-refractivity contribution is 5.94. The molecule has 32 heavy (non-hydrogen) atoms. The molecule has 0 unspecified atom stereocenters. The molecule has 3 rings (SSSR count). The van der Waals surface area contributed by atoms with E-state index in [1.54, 1.807) is 7.11 Å². The van der Waals surface area contributed by atoms with Crippen molar-refractivity contribution in [1.82, 2.24) is 10.2 Å².